The molecule has 2 aromatic rings. The summed E-state index contributed by atoms with van der Waals surface area (Å²) in [7, 11) is 0. The molecule has 1 aliphatic heterocycles. The van der Waals surface area contributed by atoms with Gasteiger partial charge in [-0.15, -0.1) is 11.3 Å². The fraction of sp³-hybridized carbons (Fsp3) is 0.167. The van der Waals surface area contributed by atoms with Crippen molar-refractivity contribution in [3.05, 3.63) is 28.6 Å². The summed E-state index contributed by atoms with van der Waals surface area (Å²) < 4.78 is 1.04. The van der Waals surface area contributed by atoms with Gasteiger partial charge in [0.15, 0.2) is 0 Å². The van der Waals surface area contributed by atoms with Gasteiger partial charge in [-0.3, -0.25) is 9.59 Å². The molecule has 1 aromatic heterocycles. The number of fused-ring (bicyclic) bond motifs is 3. The first-order chi connectivity index (χ1) is 8.65. The lowest BCUT2D eigenvalue weighted by Gasteiger charge is -2.02. The number of nitrogens with two attached hydrogens (primary N) is 1. The van der Waals surface area contributed by atoms with Crippen molar-refractivity contribution in [2.45, 2.75) is 6.54 Å². The van der Waals surface area contributed by atoms with Crippen LogP contribution in [0.1, 0.15) is 15.2 Å². The summed E-state index contributed by atoms with van der Waals surface area (Å²) in [4.78, 5) is 23.8. The molecular formula is C12H11N3O2S. The van der Waals surface area contributed by atoms with Crippen LogP contribution < -0.4 is 16.4 Å². The molecule has 18 heavy (non-hydrogen) atoms. The molecule has 1 aliphatic rings. The van der Waals surface area contributed by atoms with Gasteiger partial charge in [-0.2, -0.15) is 0 Å². The van der Waals surface area contributed by atoms with E-state index in [0.717, 1.165) is 20.7 Å². The molecule has 0 saturated carbocycles. The molecule has 2 heterocycles. The van der Waals surface area contributed by atoms with Gasteiger partial charge in [0.25, 0.3) is 0 Å². The zero-order chi connectivity index (χ0) is 12.7. The van der Waals surface area contributed by atoms with Crippen molar-refractivity contribution >= 4 is 38.9 Å². The highest BCUT2D eigenvalue weighted by Gasteiger charge is 2.18. The first kappa shape index (κ1) is 11.2. The van der Waals surface area contributed by atoms with E-state index in [-0.39, 0.29) is 5.91 Å². The molecular weight excluding hydrogens is 250 g/mol. The predicted molar refractivity (Wildman–Crippen MR) is 70.7 cm³/mol. The van der Waals surface area contributed by atoms with Crippen molar-refractivity contribution in [3.8, 4) is 0 Å². The number of amides is 2. The molecule has 92 valence electrons. The molecule has 0 bridgehead atoms. The molecule has 0 aliphatic carbocycles. The lowest BCUT2D eigenvalue weighted by atomic mass is 10.1. The number of hydrogen-bond donors (Lipinski definition) is 3. The molecule has 6 heteroatoms. The Morgan fingerprint density at radius 1 is 1.33 bits per heavy atom. The predicted octanol–water partition coefficient (Wildman–Crippen LogP) is 1.04. The van der Waals surface area contributed by atoms with Crippen molar-refractivity contribution in [1.29, 1.82) is 0 Å². The maximum atomic E-state index is 11.5. The third-order valence-corrected chi connectivity index (χ3v) is 4.05. The van der Waals surface area contributed by atoms with Crippen molar-refractivity contribution in [1.82, 2.24) is 5.32 Å². The standard InChI is InChI=1S/C12H11N3O2S/c13-12(17)6-1-2-8-7(3-6)11-9(18-8)4-14-5-10(16)15-11/h1-3,14H,4-5H2,(H2,13,17)(H,15,16). The van der Waals surface area contributed by atoms with Gasteiger partial charge in [0.05, 0.1) is 12.2 Å². The highest BCUT2D eigenvalue weighted by atomic mass is 32.1. The molecule has 0 spiro atoms. The Labute approximate surface area is 107 Å². The summed E-state index contributed by atoms with van der Waals surface area (Å²) >= 11 is 1.61. The largest absolute Gasteiger partial charge is 0.366 e. The average molecular weight is 261 g/mol. The molecule has 0 atom stereocenters. The number of anilines is 1. The van der Waals surface area contributed by atoms with Crippen LogP contribution in [0.2, 0.25) is 0 Å². The van der Waals surface area contributed by atoms with Gasteiger partial charge in [-0.05, 0) is 18.2 Å². The minimum atomic E-state index is -0.463. The Morgan fingerprint density at radius 2 is 2.17 bits per heavy atom. The van der Waals surface area contributed by atoms with E-state index in [1.54, 1.807) is 23.5 Å². The fourth-order valence-electron chi connectivity index (χ4n) is 2.04. The van der Waals surface area contributed by atoms with Crippen LogP contribution in [-0.4, -0.2) is 18.4 Å². The Morgan fingerprint density at radius 3 is 2.94 bits per heavy atom. The molecule has 2 amide bonds. The Bertz CT molecular complexity index is 663. The van der Waals surface area contributed by atoms with Crippen LogP contribution in [-0.2, 0) is 11.3 Å². The molecule has 4 N–H and O–H groups in total. The molecule has 3 rings (SSSR count). The first-order valence-electron chi connectivity index (χ1n) is 5.51. The number of hydrogen-bond acceptors (Lipinski definition) is 4. The second-order valence-corrected chi connectivity index (χ2v) is 5.26. The van der Waals surface area contributed by atoms with Gasteiger partial charge in [0.2, 0.25) is 11.8 Å². The van der Waals surface area contributed by atoms with Gasteiger partial charge < -0.3 is 16.4 Å². The van der Waals surface area contributed by atoms with Crippen LogP contribution in [0.25, 0.3) is 10.1 Å². The lowest BCUT2D eigenvalue weighted by molar-refractivity contribution is -0.115. The van der Waals surface area contributed by atoms with E-state index >= 15 is 0 Å². The van der Waals surface area contributed by atoms with E-state index in [2.05, 4.69) is 10.6 Å². The summed E-state index contributed by atoms with van der Waals surface area (Å²) in [6.07, 6.45) is 0. The number of benzene rings is 1. The van der Waals surface area contributed by atoms with E-state index in [9.17, 15) is 9.59 Å². The van der Waals surface area contributed by atoms with Gasteiger partial charge in [0, 0.05) is 27.1 Å². The number of carbonyl (C=O) groups is 2. The normalized spacial score (nSPS) is 15.0. The van der Waals surface area contributed by atoms with Gasteiger partial charge in [-0.1, -0.05) is 0 Å². The third kappa shape index (κ3) is 1.75. The van der Waals surface area contributed by atoms with E-state index in [1.807, 2.05) is 6.07 Å². The minimum Gasteiger partial charge on any atom is -0.366 e. The van der Waals surface area contributed by atoms with E-state index in [0.29, 0.717) is 18.7 Å². The van der Waals surface area contributed by atoms with Crippen LogP contribution in [0.3, 0.4) is 0 Å². The maximum Gasteiger partial charge on any atom is 0.248 e. The number of primary amides is 1. The Balaban J connectivity index is 2.21. The van der Waals surface area contributed by atoms with Crippen LogP contribution in [0, 0.1) is 0 Å². The number of carbonyl (C=O) groups excluding carboxylic acids is 2. The smallest absolute Gasteiger partial charge is 0.248 e. The molecule has 0 fully saturated rings. The third-order valence-electron chi connectivity index (χ3n) is 2.88. The Kier molecular flexibility index (Phi) is 2.53. The van der Waals surface area contributed by atoms with Crippen molar-refractivity contribution in [2.24, 2.45) is 5.73 Å². The van der Waals surface area contributed by atoms with Crippen LogP contribution >= 0.6 is 11.3 Å². The van der Waals surface area contributed by atoms with Crippen molar-refractivity contribution in [2.75, 3.05) is 11.9 Å². The average Bonchev–Trinajstić information content (AvgIpc) is 2.56. The van der Waals surface area contributed by atoms with Crippen molar-refractivity contribution < 1.29 is 9.59 Å². The second kappa shape index (κ2) is 4.08. The molecule has 1 aromatic carbocycles. The number of nitrogens with one attached hydrogen (secondary N) is 2. The van der Waals surface area contributed by atoms with E-state index in [1.165, 1.54) is 0 Å². The number of rotatable bonds is 1. The van der Waals surface area contributed by atoms with Crippen LogP contribution in [0.5, 0.6) is 0 Å². The summed E-state index contributed by atoms with van der Waals surface area (Å²) in [5, 5.41) is 6.80. The highest BCUT2D eigenvalue weighted by Crippen LogP contribution is 2.37. The molecule has 0 unspecified atom stereocenters. The first-order valence-corrected chi connectivity index (χ1v) is 6.32. The van der Waals surface area contributed by atoms with Crippen molar-refractivity contribution in [3.63, 3.8) is 0 Å². The quantitative estimate of drug-likeness (QED) is 0.717. The van der Waals surface area contributed by atoms with E-state index in [4.69, 9.17) is 5.73 Å². The minimum absolute atomic E-state index is 0.0714. The zero-order valence-corrected chi connectivity index (χ0v) is 10.3. The van der Waals surface area contributed by atoms with Gasteiger partial charge in [0.1, 0.15) is 0 Å². The fourth-order valence-corrected chi connectivity index (χ4v) is 3.15. The monoisotopic (exact) mass is 261 g/mol. The zero-order valence-electron chi connectivity index (χ0n) is 9.45. The summed E-state index contributed by atoms with van der Waals surface area (Å²) in [5.41, 5.74) is 6.52. The SMILES string of the molecule is NC(=O)c1ccc2sc3c(c2c1)NC(=O)CNC3. The molecule has 5 nitrogen and oxygen atoms in total. The second-order valence-electron chi connectivity index (χ2n) is 4.13. The molecule has 0 saturated heterocycles. The van der Waals surface area contributed by atoms with Crippen LogP contribution in [0.15, 0.2) is 18.2 Å². The van der Waals surface area contributed by atoms with Gasteiger partial charge >= 0.3 is 0 Å². The Hall–Kier alpha value is -1.92. The lowest BCUT2D eigenvalue weighted by Crippen LogP contribution is -2.23. The highest BCUT2D eigenvalue weighted by molar-refractivity contribution is 7.19. The maximum absolute atomic E-state index is 11.5. The summed E-state index contributed by atoms with van der Waals surface area (Å²) in [6.45, 7) is 0.956. The van der Waals surface area contributed by atoms with E-state index < -0.39 is 5.91 Å². The van der Waals surface area contributed by atoms with Crippen LogP contribution in [0.4, 0.5) is 5.69 Å². The molecule has 0 radical (unpaired) electrons. The summed E-state index contributed by atoms with van der Waals surface area (Å²) in [6, 6.07) is 5.30. The van der Waals surface area contributed by atoms with Gasteiger partial charge in [-0.25, -0.2) is 0 Å². The number of thiophene rings is 1. The topological polar surface area (TPSA) is 84.2 Å². The summed E-state index contributed by atoms with van der Waals surface area (Å²) in [5.74, 6) is -0.534.